The van der Waals surface area contributed by atoms with E-state index in [-0.39, 0.29) is 0 Å². The third-order valence-electron chi connectivity index (χ3n) is 1.93. The van der Waals surface area contributed by atoms with Crippen LogP contribution in [-0.2, 0) is 12.3 Å². The van der Waals surface area contributed by atoms with Gasteiger partial charge in [-0.2, -0.15) is 0 Å². The summed E-state index contributed by atoms with van der Waals surface area (Å²) in [7, 11) is 0. The molecule has 0 radical (unpaired) electrons. The Morgan fingerprint density at radius 2 is 2.29 bits per heavy atom. The summed E-state index contributed by atoms with van der Waals surface area (Å²) in [6.45, 7) is 2.17. The topological polar surface area (TPSA) is 12.9 Å². The Labute approximate surface area is 96.4 Å². The molecule has 0 aliphatic carbocycles. The standard InChI is InChI=1S/C10H10ClNS2/c1-2-7-3-4-9(14-7)8-6-13-10(5-11)12-8/h3-4,6H,2,5H2,1H3. The maximum atomic E-state index is 5.71. The largest absolute Gasteiger partial charge is 0.239 e. The highest BCUT2D eigenvalue weighted by Gasteiger charge is 2.06. The lowest BCUT2D eigenvalue weighted by Crippen LogP contribution is -1.74. The number of hydrogen-bond acceptors (Lipinski definition) is 3. The number of aromatic nitrogens is 1. The van der Waals surface area contributed by atoms with E-state index in [4.69, 9.17) is 11.6 Å². The maximum Gasteiger partial charge on any atom is 0.108 e. The minimum atomic E-state index is 0.511. The van der Waals surface area contributed by atoms with Gasteiger partial charge in [0.1, 0.15) is 5.01 Å². The van der Waals surface area contributed by atoms with Crippen molar-refractivity contribution < 1.29 is 0 Å². The van der Waals surface area contributed by atoms with Gasteiger partial charge in [-0.15, -0.1) is 34.3 Å². The summed E-state index contributed by atoms with van der Waals surface area (Å²) < 4.78 is 0. The van der Waals surface area contributed by atoms with Crippen molar-refractivity contribution in [1.29, 1.82) is 0 Å². The molecule has 0 unspecified atom stereocenters. The van der Waals surface area contributed by atoms with Crippen LogP contribution in [0.2, 0.25) is 0 Å². The lowest BCUT2D eigenvalue weighted by atomic mass is 10.3. The lowest BCUT2D eigenvalue weighted by molar-refractivity contribution is 1.19. The minimum Gasteiger partial charge on any atom is -0.239 e. The van der Waals surface area contributed by atoms with Crippen LogP contribution in [0.3, 0.4) is 0 Å². The number of thiazole rings is 1. The molecule has 0 aliphatic rings. The predicted octanol–water partition coefficient (Wildman–Crippen LogP) is 4.17. The molecule has 2 rings (SSSR count). The van der Waals surface area contributed by atoms with Gasteiger partial charge in [-0.05, 0) is 18.6 Å². The van der Waals surface area contributed by atoms with Gasteiger partial charge in [0.25, 0.3) is 0 Å². The Morgan fingerprint density at radius 1 is 1.43 bits per heavy atom. The van der Waals surface area contributed by atoms with E-state index in [2.05, 4.69) is 29.4 Å². The second-order valence-electron chi connectivity index (χ2n) is 2.88. The number of thiophene rings is 1. The highest BCUT2D eigenvalue weighted by Crippen LogP contribution is 2.29. The molecule has 0 saturated heterocycles. The number of rotatable bonds is 3. The van der Waals surface area contributed by atoms with Crippen molar-refractivity contribution in [3.8, 4) is 10.6 Å². The van der Waals surface area contributed by atoms with E-state index in [1.54, 1.807) is 11.3 Å². The first-order valence-electron chi connectivity index (χ1n) is 4.43. The van der Waals surface area contributed by atoms with Gasteiger partial charge in [0.05, 0.1) is 16.5 Å². The van der Waals surface area contributed by atoms with E-state index in [1.807, 2.05) is 11.3 Å². The average molecular weight is 244 g/mol. The fourth-order valence-corrected chi connectivity index (χ4v) is 3.06. The zero-order valence-corrected chi connectivity index (χ0v) is 10.2. The van der Waals surface area contributed by atoms with Crippen molar-refractivity contribution >= 4 is 34.3 Å². The minimum absolute atomic E-state index is 0.511. The summed E-state index contributed by atoms with van der Waals surface area (Å²) in [5.41, 5.74) is 1.07. The Balaban J connectivity index is 2.29. The number of aryl methyl sites for hydroxylation is 1. The second kappa shape index (κ2) is 4.43. The van der Waals surface area contributed by atoms with Gasteiger partial charge >= 0.3 is 0 Å². The van der Waals surface area contributed by atoms with E-state index in [0.29, 0.717) is 5.88 Å². The van der Waals surface area contributed by atoms with Crippen LogP contribution in [0.4, 0.5) is 0 Å². The van der Waals surface area contributed by atoms with Crippen molar-refractivity contribution in [2.45, 2.75) is 19.2 Å². The van der Waals surface area contributed by atoms with Gasteiger partial charge in [0.2, 0.25) is 0 Å². The summed E-state index contributed by atoms with van der Waals surface area (Å²) >= 11 is 9.15. The van der Waals surface area contributed by atoms with Gasteiger partial charge in [-0.3, -0.25) is 0 Å². The molecule has 0 fully saturated rings. The molecule has 4 heteroatoms. The summed E-state index contributed by atoms with van der Waals surface area (Å²) in [6.07, 6.45) is 1.09. The van der Waals surface area contributed by atoms with Crippen molar-refractivity contribution in [1.82, 2.24) is 4.98 Å². The fraction of sp³-hybridized carbons (Fsp3) is 0.300. The molecule has 0 atom stereocenters. The Kier molecular flexibility index (Phi) is 3.21. The molecule has 0 amide bonds. The van der Waals surface area contributed by atoms with Crippen LogP contribution in [0, 0.1) is 0 Å². The molecule has 1 nitrogen and oxygen atoms in total. The van der Waals surface area contributed by atoms with Crippen molar-refractivity contribution in [2.75, 3.05) is 0 Å². The molecule has 0 bridgehead atoms. The van der Waals surface area contributed by atoms with E-state index < -0.39 is 0 Å². The fourth-order valence-electron chi connectivity index (χ4n) is 1.19. The number of nitrogens with zero attached hydrogens (tertiary/aromatic N) is 1. The number of halogens is 1. The first kappa shape index (κ1) is 10.1. The zero-order chi connectivity index (χ0) is 9.97. The molecule has 0 saturated carbocycles. The third kappa shape index (κ3) is 2.00. The smallest absolute Gasteiger partial charge is 0.108 e. The second-order valence-corrected chi connectivity index (χ2v) is 5.26. The molecular weight excluding hydrogens is 234 g/mol. The van der Waals surface area contributed by atoms with Crippen LogP contribution in [-0.4, -0.2) is 4.98 Å². The summed E-state index contributed by atoms with van der Waals surface area (Å²) in [5.74, 6) is 0.511. The van der Waals surface area contributed by atoms with E-state index in [9.17, 15) is 0 Å². The Morgan fingerprint density at radius 3 is 2.86 bits per heavy atom. The van der Waals surface area contributed by atoms with Gasteiger partial charge in [-0.1, -0.05) is 6.92 Å². The van der Waals surface area contributed by atoms with E-state index in [0.717, 1.165) is 17.1 Å². The van der Waals surface area contributed by atoms with Crippen molar-refractivity contribution in [3.63, 3.8) is 0 Å². The molecule has 0 N–H and O–H groups in total. The first-order chi connectivity index (χ1) is 6.83. The molecule has 0 aromatic carbocycles. The highest BCUT2D eigenvalue weighted by molar-refractivity contribution is 7.16. The van der Waals surface area contributed by atoms with Crippen molar-refractivity contribution in [3.05, 3.63) is 27.4 Å². The van der Waals surface area contributed by atoms with Gasteiger partial charge < -0.3 is 0 Å². The monoisotopic (exact) mass is 243 g/mol. The first-order valence-corrected chi connectivity index (χ1v) is 6.66. The van der Waals surface area contributed by atoms with Gasteiger partial charge in [0, 0.05) is 10.3 Å². The maximum absolute atomic E-state index is 5.71. The Bertz CT molecular complexity index is 379. The molecule has 2 heterocycles. The molecule has 74 valence electrons. The molecule has 0 spiro atoms. The normalized spacial score (nSPS) is 10.7. The van der Waals surface area contributed by atoms with Crippen LogP contribution in [0.15, 0.2) is 17.5 Å². The third-order valence-corrected chi connectivity index (χ3v) is 4.44. The van der Waals surface area contributed by atoms with E-state index in [1.165, 1.54) is 9.75 Å². The van der Waals surface area contributed by atoms with Gasteiger partial charge in [-0.25, -0.2) is 4.98 Å². The summed E-state index contributed by atoms with van der Waals surface area (Å²) in [5, 5.41) is 3.07. The van der Waals surface area contributed by atoms with Crippen LogP contribution in [0.25, 0.3) is 10.6 Å². The summed E-state index contributed by atoms with van der Waals surface area (Å²) in [4.78, 5) is 7.09. The summed E-state index contributed by atoms with van der Waals surface area (Å²) in [6, 6.07) is 4.30. The quantitative estimate of drug-likeness (QED) is 0.738. The van der Waals surface area contributed by atoms with Gasteiger partial charge in [0.15, 0.2) is 0 Å². The number of alkyl halides is 1. The van der Waals surface area contributed by atoms with Crippen LogP contribution >= 0.6 is 34.3 Å². The zero-order valence-electron chi connectivity index (χ0n) is 7.79. The highest BCUT2D eigenvalue weighted by atomic mass is 35.5. The molecule has 2 aromatic rings. The lowest BCUT2D eigenvalue weighted by Gasteiger charge is -1.88. The number of hydrogen-bond donors (Lipinski definition) is 0. The molecular formula is C10H10ClNS2. The predicted molar refractivity (Wildman–Crippen MR) is 64.4 cm³/mol. The molecule has 0 aliphatic heterocycles. The van der Waals surface area contributed by atoms with E-state index >= 15 is 0 Å². The van der Waals surface area contributed by atoms with Crippen LogP contribution < -0.4 is 0 Å². The SMILES string of the molecule is CCc1ccc(-c2csc(CCl)n2)s1. The van der Waals surface area contributed by atoms with Crippen LogP contribution in [0.1, 0.15) is 16.8 Å². The van der Waals surface area contributed by atoms with Crippen molar-refractivity contribution in [2.24, 2.45) is 0 Å². The molecule has 2 aromatic heterocycles. The average Bonchev–Trinajstić information content (AvgIpc) is 2.86. The Hall–Kier alpha value is -0.380. The van der Waals surface area contributed by atoms with Crippen LogP contribution in [0.5, 0.6) is 0 Å². The molecule has 14 heavy (non-hydrogen) atoms.